The van der Waals surface area contributed by atoms with Crippen LogP contribution in [0.1, 0.15) is 39.8 Å². The summed E-state index contributed by atoms with van der Waals surface area (Å²) in [6, 6.07) is 5.64. The Hall–Kier alpha value is -1.82. The van der Waals surface area contributed by atoms with Crippen LogP contribution in [0.15, 0.2) is 18.3 Å². The summed E-state index contributed by atoms with van der Waals surface area (Å²) >= 11 is 0. The molecule has 0 bridgehead atoms. The molecule has 4 nitrogen and oxygen atoms in total. The van der Waals surface area contributed by atoms with Crippen LogP contribution in [0.5, 0.6) is 5.75 Å². The van der Waals surface area contributed by atoms with Gasteiger partial charge < -0.3 is 9.16 Å². The van der Waals surface area contributed by atoms with E-state index in [0.717, 1.165) is 0 Å². The Bertz CT molecular complexity index is 618. The SMILES string of the molecule is C[C@H](CO[Si](C)(C)C(C)(C)C)Oc1cccnc1C#CCC#N. The van der Waals surface area contributed by atoms with Gasteiger partial charge in [-0.1, -0.05) is 26.7 Å². The highest BCUT2D eigenvalue weighted by molar-refractivity contribution is 6.74. The van der Waals surface area contributed by atoms with Crippen molar-refractivity contribution in [1.29, 1.82) is 5.26 Å². The van der Waals surface area contributed by atoms with Crippen molar-refractivity contribution in [1.82, 2.24) is 4.98 Å². The lowest BCUT2D eigenvalue weighted by Crippen LogP contribution is -2.43. The van der Waals surface area contributed by atoms with Crippen LogP contribution in [0.3, 0.4) is 0 Å². The van der Waals surface area contributed by atoms with E-state index in [1.807, 2.05) is 25.1 Å². The van der Waals surface area contributed by atoms with E-state index in [1.54, 1.807) is 6.20 Å². The van der Waals surface area contributed by atoms with E-state index in [2.05, 4.69) is 50.7 Å². The molecule has 0 aliphatic carbocycles. The number of hydrogen-bond donors (Lipinski definition) is 0. The molecule has 0 aromatic carbocycles. The summed E-state index contributed by atoms with van der Waals surface area (Å²) in [5.74, 6) is 6.27. The first-order valence-electron chi connectivity index (χ1n) is 7.79. The fourth-order valence-corrected chi connectivity index (χ4v) is 2.62. The van der Waals surface area contributed by atoms with E-state index in [-0.39, 0.29) is 17.6 Å². The molecule has 0 saturated carbocycles. The maximum atomic E-state index is 8.55. The van der Waals surface area contributed by atoms with Crippen LogP contribution in [0.4, 0.5) is 0 Å². The molecule has 0 aliphatic rings. The summed E-state index contributed by atoms with van der Waals surface area (Å²) in [5.41, 5.74) is 0.557. The molecule has 1 heterocycles. The van der Waals surface area contributed by atoms with Gasteiger partial charge in [-0.3, -0.25) is 0 Å². The third-order valence-corrected chi connectivity index (χ3v) is 8.46. The van der Waals surface area contributed by atoms with Crippen LogP contribution in [-0.4, -0.2) is 26.0 Å². The van der Waals surface area contributed by atoms with E-state index >= 15 is 0 Å². The van der Waals surface area contributed by atoms with E-state index in [4.69, 9.17) is 14.4 Å². The lowest BCUT2D eigenvalue weighted by atomic mass is 10.2. The fourth-order valence-electron chi connectivity index (χ4n) is 1.54. The van der Waals surface area contributed by atoms with Gasteiger partial charge in [-0.2, -0.15) is 5.26 Å². The highest BCUT2D eigenvalue weighted by atomic mass is 28.4. The smallest absolute Gasteiger partial charge is 0.192 e. The minimum Gasteiger partial charge on any atom is -0.485 e. The minimum atomic E-state index is -1.78. The molecule has 0 aliphatic heterocycles. The molecule has 5 heteroatoms. The summed E-state index contributed by atoms with van der Waals surface area (Å²) in [5, 5.41) is 8.73. The van der Waals surface area contributed by atoms with Gasteiger partial charge in [0, 0.05) is 6.20 Å². The van der Waals surface area contributed by atoms with E-state index in [1.165, 1.54) is 0 Å². The summed E-state index contributed by atoms with van der Waals surface area (Å²) < 4.78 is 12.1. The Kier molecular flexibility index (Phi) is 6.81. The number of nitrogens with zero attached hydrogens (tertiary/aromatic N) is 2. The van der Waals surface area contributed by atoms with Crippen LogP contribution in [0, 0.1) is 23.2 Å². The standard InChI is InChI=1S/C18H26N2O2Si/c1-15(14-21-23(5,6)18(2,3)4)22-17-11-9-13-20-16(17)10-7-8-12-19/h9,11,13,15H,8,14H2,1-6H3/t15-/m1/s1. The van der Waals surface area contributed by atoms with Crippen molar-refractivity contribution < 1.29 is 9.16 Å². The first-order chi connectivity index (χ1) is 10.7. The van der Waals surface area contributed by atoms with Crippen molar-refractivity contribution in [3.05, 3.63) is 24.0 Å². The van der Waals surface area contributed by atoms with Crippen LogP contribution < -0.4 is 4.74 Å². The first-order valence-corrected chi connectivity index (χ1v) is 10.7. The molecule has 1 rings (SSSR count). The van der Waals surface area contributed by atoms with Gasteiger partial charge in [-0.05, 0) is 43.1 Å². The number of pyridine rings is 1. The molecule has 0 amide bonds. The zero-order valence-corrected chi connectivity index (χ0v) is 15.9. The van der Waals surface area contributed by atoms with E-state index in [9.17, 15) is 0 Å². The average Bonchev–Trinajstić information content (AvgIpc) is 2.46. The normalized spacial score (nSPS) is 12.7. The highest BCUT2D eigenvalue weighted by Gasteiger charge is 2.37. The molecule has 0 N–H and O–H groups in total. The van der Waals surface area contributed by atoms with E-state index < -0.39 is 8.32 Å². The Labute approximate surface area is 141 Å². The highest BCUT2D eigenvalue weighted by Crippen LogP contribution is 2.36. The maximum Gasteiger partial charge on any atom is 0.192 e. The molecule has 23 heavy (non-hydrogen) atoms. The Morgan fingerprint density at radius 3 is 2.65 bits per heavy atom. The molecule has 0 unspecified atom stereocenters. The van der Waals surface area contributed by atoms with E-state index in [0.29, 0.717) is 18.1 Å². The lowest BCUT2D eigenvalue weighted by molar-refractivity contribution is 0.133. The van der Waals surface area contributed by atoms with Gasteiger partial charge in [-0.25, -0.2) is 4.98 Å². The second-order valence-corrected chi connectivity index (χ2v) is 11.8. The monoisotopic (exact) mass is 330 g/mol. The zero-order valence-electron chi connectivity index (χ0n) is 14.9. The lowest BCUT2D eigenvalue weighted by Gasteiger charge is -2.36. The molecule has 124 valence electrons. The van der Waals surface area contributed by atoms with Gasteiger partial charge in [0.2, 0.25) is 0 Å². The molecule has 0 spiro atoms. The number of nitriles is 1. The first kappa shape index (κ1) is 19.2. The molecular weight excluding hydrogens is 304 g/mol. The summed E-state index contributed by atoms with van der Waals surface area (Å²) in [6.45, 7) is 13.6. The molecule has 1 aromatic heterocycles. The second-order valence-electron chi connectivity index (χ2n) is 6.99. The summed E-state index contributed by atoms with van der Waals surface area (Å²) in [4.78, 5) is 4.21. The van der Waals surface area contributed by atoms with Crippen LogP contribution >= 0.6 is 0 Å². The molecule has 0 fully saturated rings. The predicted molar refractivity (Wildman–Crippen MR) is 94.6 cm³/mol. The summed E-state index contributed by atoms with van der Waals surface area (Å²) in [7, 11) is -1.78. The van der Waals surface area contributed by atoms with Crippen molar-refractivity contribution in [2.45, 2.75) is 58.4 Å². The third-order valence-electron chi connectivity index (χ3n) is 3.96. The van der Waals surface area contributed by atoms with Crippen LogP contribution in [0.2, 0.25) is 18.1 Å². The van der Waals surface area contributed by atoms with Crippen molar-refractivity contribution in [3.8, 4) is 23.7 Å². The number of hydrogen-bond acceptors (Lipinski definition) is 4. The van der Waals surface area contributed by atoms with Gasteiger partial charge >= 0.3 is 0 Å². The summed E-state index contributed by atoms with van der Waals surface area (Å²) in [6.07, 6.45) is 1.75. The van der Waals surface area contributed by atoms with Crippen molar-refractivity contribution in [3.63, 3.8) is 0 Å². The Morgan fingerprint density at radius 2 is 2.04 bits per heavy atom. The van der Waals surface area contributed by atoms with Gasteiger partial charge in [0.1, 0.15) is 6.10 Å². The average molecular weight is 331 g/mol. The minimum absolute atomic E-state index is 0.0927. The van der Waals surface area contributed by atoms with Gasteiger partial charge in [0.25, 0.3) is 0 Å². The molecule has 0 saturated heterocycles. The quantitative estimate of drug-likeness (QED) is 0.601. The third kappa shape index (κ3) is 6.06. The van der Waals surface area contributed by atoms with Gasteiger partial charge in [0.05, 0.1) is 19.1 Å². The molecule has 0 radical (unpaired) electrons. The number of aromatic nitrogens is 1. The number of rotatable bonds is 5. The van der Waals surface area contributed by atoms with Gasteiger partial charge in [0.15, 0.2) is 19.8 Å². The van der Waals surface area contributed by atoms with Crippen LogP contribution in [0.25, 0.3) is 0 Å². The maximum absolute atomic E-state index is 8.55. The van der Waals surface area contributed by atoms with Crippen molar-refractivity contribution in [2.75, 3.05) is 6.61 Å². The fraction of sp³-hybridized carbons (Fsp3) is 0.556. The topological polar surface area (TPSA) is 55.1 Å². The van der Waals surface area contributed by atoms with Crippen molar-refractivity contribution >= 4 is 8.32 Å². The largest absolute Gasteiger partial charge is 0.485 e. The van der Waals surface area contributed by atoms with Crippen LogP contribution in [-0.2, 0) is 4.43 Å². The molecular formula is C18H26N2O2Si. The predicted octanol–water partition coefficient (Wildman–Crippen LogP) is 4.14. The Balaban J connectivity index is 2.71. The second kappa shape index (κ2) is 8.15. The zero-order chi connectivity index (χ0) is 17.5. The van der Waals surface area contributed by atoms with Crippen molar-refractivity contribution in [2.24, 2.45) is 0 Å². The Morgan fingerprint density at radius 1 is 1.35 bits per heavy atom. The molecule has 1 aromatic rings. The van der Waals surface area contributed by atoms with Gasteiger partial charge in [-0.15, -0.1) is 0 Å². The number of ether oxygens (including phenoxy) is 1. The molecule has 1 atom stereocenters.